The number of hydrogen-bond acceptors (Lipinski definition) is 6. The zero-order valence-electron chi connectivity index (χ0n) is 16.2. The first-order valence-electron chi connectivity index (χ1n) is 9.27. The Bertz CT molecular complexity index is 787. The van der Waals surface area contributed by atoms with E-state index in [0.717, 1.165) is 17.0 Å². The van der Waals surface area contributed by atoms with Crippen LogP contribution in [0.1, 0.15) is 49.6 Å². The number of hydrogen-bond donors (Lipinski definition) is 2. The highest BCUT2D eigenvalue weighted by atomic mass is 16.5. The second-order valence-electron chi connectivity index (χ2n) is 7.47. The van der Waals surface area contributed by atoms with Crippen LogP contribution in [-0.2, 0) is 20.7 Å². The van der Waals surface area contributed by atoms with E-state index in [1.54, 1.807) is 6.92 Å². The highest BCUT2D eigenvalue weighted by Gasteiger charge is 2.44. The highest BCUT2D eigenvalue weighted by molar-refractivity contribution is 5.93. The Hall–Kier alpha value is -2.64. The van der Waals surface area contributed by atoms with Crippen LogP contribution < -0.4 is 11.5 Å². The van der Waals surface area contributed by atoms with Gasteiger partial charge in [0.2, 0.25) is 17.8 Å². The molecule has 0 atom stereocenters. The zero-order chi connectivity index (χ0) is 19.8. The summed E-state index contributed by atoms with van der Waals surface area (Å²) < 4.78 is 5.98. The van der Waals surface area contributed by atoms with Gasteiger partial charge >= 0.3 is 0 Å². The maximum absolute atomic E-state index is 12.6. The molecule has 1 saturated heterocycles. The van der Waals surface area contributed by atoms with E-state index in [2.05, 4.69) is 9.97 Å². The SMILES string of the molecule is CC1=C(C(N)=O)CC2(CCN(C(=O)CCc3c(C)nc(N)nc3C)CC2)O1. The van der Waals surface area contributed by atoms with Crippen LogP contribution in [0.4, 0.5) is 5.95 Å². The van der Waals surface area contributed by atoms with Gasteiger partial charge in [-0.25, -0.2) is 9.97 Å². The van der Waals surface area contributed by atoms with E-state index >= 15 is 0 Å². The van der Waals surface area contributed by atoms with Gasteiger partial charge in [-0.15, -0.1) is 0 Å². The quantitative estimate of drug-likeness (QED) is 0.816. The van der Waals surface area contributed by atoms with Crippen LogP contribution in [0.15, 0.2) is 11.3 Å². The second kappa shape index (κ2) is 7.17. The number of nitrogen functional groups attached to an aromatic ring is 1. The zero-order valence-corrected chi connectivity index (χ0v) is 16.2. The number of piperidine rings is 1. The van der Waals surface area contributed by atoms with Gasteiger partial charge in [0, 0.05) is 50.2 Å². The van der Waals surface area contributed by atoms with E-state index in [9.17, 15) is 9.59 Å². The van der Waals surface area contributed by atoms with Crippen LogP contribution in [0.5, 0.6) is 0 Å². The smallest absolute Gasteiger partial charge is 0.248 e. The molecule has 146 valence electrons. The minimum Gasteiger partial charge on any atom is -0.491 e. The van der Waals surface area contributed by atoms with E-state index in [-0.39, 0.29) is 17.5 Å². The summed E-state index contributed by atoms with van der Waals surface area (Å²) in [5.74, 6) is 0.575. The normalized spacial score (nSPS) is 18.7. The second-order valence-corrected chi connectivity index (χ2v) is 7.47. The largest absolute Gasteiger partial charge is 0.491 e. The molecule has 0 radical (unpaired) electrons. The molecular weight excluding hydrogens is 346 g/mol. The molecule has 27 heavy (non-hydrogen) atoms. The number of anilines is 1. The number of aromatic nitrogens is 2. The monoisotopic (exact) mass is 373 g/mol. The Morgan fingerprint density at radius 2 is 1.74 bits per heavy atom. The van der Waals surface area contributed by atoms with Crippen LogP contribution in [-0.4, -0.2) is 45.4 Å². The molecule has 0 unspecified atom stereocenters. The molecule has 1 fully saturated rings. The van der Waals surface area contributed by atoms with Crippen molar-refractivity contribution in [3.63, 3.8) is 0 Å². The van der Waals surface area contributed by atoms with Gasteiger partial charge in [-0.05, 0) is 32.8 Å². The number of carbonyl (C=O) groups excluding carboxylic acids is 2. The number of primary amides is 1. The number of carbonyl (C=O) groups is 2. The molecule has 3 heterocycles. The Morgan fingerprint density at radius 1 is 1.15 bits per heavy atom. The van der Waals surface area contributed by atoms with Crippen molar-refractivity contribution in [1.29, 1.82) is 0 Å². The predicted molar refractivity (Wildman–Crippen MR) is 100 cm³/mol. The fourth-order valence-electron chi connectivity index (χ4n) is 4.09. The highest BCUT2D eigenvalue weighted by Crippen LogP contribution is 2.41. The summed E-state index contributed by atoms with van der Waals surface area (Å²) in [7, 11) is 0. The number of amides is 2. The molecule has 2 aliphatic rings. The third-order valence-corrected chi connectivity index (χ3v) is 5.65. The molecular formula is C19H27N5O3. The summed E-state index contributed by atoms with van der Waals surface area (Å²) >= 11 is 0. The molecule has 0 saturated carbocycles. The van der Waals surface area contributed by atoms with E-state index in [4.69, 9.17) is 16.2 Å². The van der Waals surface area contributed by atoms with Gasteiger partial charge < -0.3 is 21.1 Å². The number of rotatable bonds is 4. The fraction of sp³-hybridized carbons (Fsp3) is 0.579. The standard InChI is InChI=1S/C19H27N5O3/c1-11-14(12(2)23-18(21)22-11)4-5-16(25)24-8-6-19(7-9-24)10-15(17(20)26)13(3)27-19/h4-10H2,1-3H3,(H2,20,26)(H2,21,22,23). The molecule has 0 aliphatic carbocycles. The number of nitrogens with zero attached hydrogens (tertiary/aromatic N) is 3. The van der Waals surface area contributed by atoms with Gasteiger partial charge in [0.1, 0.15) is 11.4 Å². The first-order valence-corrected chi connectivity index (χ1v) is 9.27. The Balaban J connectivity index is 1.55. The summed E-state index contributed by atoms with van der Waals surface area (Å²) in [4.78, 5) is 34.4. The average Bonchev–Trinajstić information content (AvgIpc) is 2.90. The van der Waals surface area contributed by atoms with E-state index < -0.39 is 5.91 Å². The average molecular weight is 373 g/mol. The van der Waals surface area contributed by atoms with Crippen molar-refractivity contribution < 1.29 is 14.3 Å². The van der Waals surface area contributed by atoms with Crippen molar-refractivity contribution in [2.24, 2.45) is 5.73 Å². The summed E-state index contributed by atoms with van der Waals surface area (Å²) in [5, 5.41) is 0. The molecule has 2 amide bonds. The maximum Gasteiger partial charge on any atom is 0.248 e. The minimum atomic E-state index is -0.417. The van der Waals surface area contributed by atoms with E-state index in [1.165, 1.54) is 0 Å². The third-order valence-electron chi connectivity index (χ3n) is 5.65. The van der Waals surface area contributed by atoms with Gasteiger partial charge in [-0.1, -0.05) is 0 Å². The molecule has 2 aliphatic heterocycles. The molecule has 1 spiro atoms. The van der Waals surface area contributed by atoms with Crippen molar-refractivity contribution in [3.05, 3.63) is 28.3 Å². The number of likely N-dealkylation sites (tertiary alicyclic amines) is 1. The first kappa shape index (κ1) is 19.1. The van der Waals surface area contributed by atoms with Crippen LogP contribution in [0.3, 0.4) is 0 Å². The Labute approximate surface area is 159 Å². The van der Waals surface area contributed by atoms with Crippen LogP contribution >= 0.6 is 0 Å². The molecule has 4 N–H and O–H groups in total. The lowest BCUT2D eigenvalue weighted by atomic mass is 9.86. The molecule has 1 aromatic heterocycles. The van der Waals surface area contributed by atoms with Crippen molar-refractivity contribution in [3.8, 4) is 0 Å². The van der Waals surface area contributed by atoms with Gasteiger partial charge in [0.05, 0.1) is 5.57 Å². The Morgan fingerprint density at radius 3 is 2.26 bits per heavy atom. The predicted octanol–water partition coefficient (Wildman–Crippen LogP) is 1.15. The first-order chi connectivity index (χ1) is 12.7. The van der Waals surface area contributed by atoms with Crippen LogP contribution in [0, 0.1) is 13.8 Å². The molecule has 1 aromatic rings. The summed E-state index contributed by atoms with van der Waals surface area (Å²) in [5.41, 5.74) is 13.9. The van der Waals surface area contributed by atoms with Crippen molar-refractivity contribution >= 4 is 17.8 Å². The fourth-order valence-corrected chi connectivity index (χ4v) is 4.09. The number of aryl methyl sites for hydroxylation is 2. The molecule has 0 bridgehead atoms. The molecule has 8 nitrogen and oxygen atoms in total. The minimum absolute atomic E-state index is 0.110. The van der Waals surface area contributed by atoms with Crippen LogP contribution in [0.2, 0.25) is 0 Å². The lowest BCUT2D eigenvalue weighted by Crippen LogP contribution is -2.47. The van der Waals surface area contributed by atoms with E-state index in [0.29, 0.717) is 56.5 Å². The van der Waals surface area contributed by atoms with Crippen molar-refractivity contribution in [1.82, 2.24) is 14.9 Å². The number of allylic oxidation sites excluding steroid dienone is 1. The molecule has 3 rings (SSSR count). The summed E-state index contributed by atoms with van der Waals surface area (Å²) in [6.45, 7) is 6.80. The maximum atomic E-state index is 12.6. The lowest BCUT2D eigenvalue weighted by Gasteiger charge is -2.39. The summed E-state index contributed by atoms with van der Waals surface area (Å²) in [6, 6.07) is 0. The summed E-state index contributed by atoms with van der Waals surface area (Å²) in [6.07, 6.45) is 2.96. The number of nitrogens with two attached hydrogens (primary N) is 2. The van der Waals surface area contributed by atoms with Gasteiger partial charge in [0.15, 0.2) is 0 Å². The molecule has 8 heteroatoms. The molecule has 0 aromatic carbocycles. The van der Waals surface area contributed by atoms with Gasteiger partial charge in [-0.2, -0.15) is 0 Å². The van der Waals surface area contributed by atoms with Gasteiger partial charge in [-0.3, -0.25) is 9.59 Å². The lowest BCUT2D eigenvalue weighted by molar-refractivity contribution is -0.135. The number of ether oxygens (including phenoxy) is 1. The van der Waals surface area contributed by atoms with Crippen LogP contribution in [0.25, 0.3) is 0 Å². The van der Waals surface area contributed by atoms with E-state index in [1.807, 2.05) is 18.7 Å². The van der Waals surface area contributed by atoms with Gasteiger partial charge in [0.25, 0.3) is 0 Å². The topological polar surface area (TPSA) is 124 Å². The third kappa shape index (κ3) is 3.89. The van der Waals surface area contributed by atoms with Crippen molar-refractivity contribution in [2.75, 3.05) is 18.8 Å². The Kier molecular flexibility index (Phi) is 5.08. The van der Waals surface area contributed by atoms with Crippen molar-refractivity contribution in [2.45, 2.75) is 58.5 Å².